The van der Waals surface area contributed by atoms with E-state index >= 15 is 0 Å². The van der Waals surface area contributed by atoms with Crippen molar-refractivity contribution in [2.75, 3.05) is 0 Å². The molecule has 2 N–H and O–H groups in total. The number of rotatable bonds is 2. The number of hydrogen-bond donors (Lipinski definition) is 2. The van der Waals surface area contributed by atoms with Gasteiger partial charge in [0.1, 0.15) is 0 Å². The molecule has 15 heavy (non-hydrogen) atoms. The van der Waals surface area contributed by atoms with Crippen LogP contribution in [0.15, 0.2) is 18.2 Å². The van der Waals surface area contributed by atoms with Crippen LogP contribution in [0.1, 0.15) is 26.3 Å². The van der Waals surface area contributed by atoms with Gasteiger partial charge in [0, 0.05) is 19.5 Å². The first-order chi connectivity index (χ1) is 6.02. The van der Waals surface area contributed by atoms with E-state index in [0.29, 0.717) is 5.56 Å². The van der Waals surface area contributed by atoms with Gasteiger partial charge in [-0.05, 0) is 30.7 Å². The van der Waals surface area contributed by atoms with Gasteiger partial charge >= 0.3 is 49.7 Å². The van der Waals surface area contributed by atoms with Crippen LogP contribution in [0.25, 0.3) is 0 Å². The van der Waals surface area contributed by atoms with Gasteiger partial charge in [-0.25, -0.2) is 9.59 Å². The molecule has 0 saturated heterocycles. The number of hydrogen-bond acceptors (Lipinski definition) is 2. The Kier molecular flexibility index (Phi) is 8.53. The molecule has 6 heteroatoms. The van der Waals surface area contributed by atoms with Crippen LogP contribution in [0.5, 0.6) is 0 Å². The van der Waals surface area contributed by atoms with E-state index in [2.05, 4.69) is 0 Å². The Hall–Kier alpha value is 0.0431. The molecular weight excluding hydrogens is 278 g/mol. The van der Waals surface area contributed by atoms with Crippen LogP contribution in [0, 0.1) is 6.92 Å². The Balaban J connectivity index is 0. The average molecular weight is 288 g/mol. The van der Waals surface area contributed by atoms with Crippen molar-refractivity contribution in [3.05, 3.63) is 34.9 Å². The molecule has 0 aliphatic rings. The predicted molar refractivity (Wildman–Crippen MR) is 53.6 cm³/mol. The van der Waals surface area contributed by atoms with E-state index in [4.69, 9.17) is 10.2 Å². The fourth-order valence-corrected chi connectivity index (χ4v) is 1.04. The van der Waals surface area contributed by atoms with E-state index in [1.165, 1.54) is 18.2 Å². The van der Waals surface area contributed by atoms with Crippen LogP contribution >= 0.6 is 0 Å². The maximum atomic E-state index is 10.6. The standard InChI is InChI=1S/C9H8O4.Ca.Zn.2H/c1-5-4-6(8(10)11)2-3-7(5)9(12)13;;;;/h2-4H,1H3,(H,10,11)(H,12,13);;;;. The molecule has 0 aliphatic heterocycles. The summed E-state index contributed by atoms with van der Waals surface area (Å²) in [5, 5.41) is 17.2. The molecule has 0 amide bonds. The van der Waals surface area contributed by atoms with Crippen LogP contribution in [0.2, 0.25) is 0 Å². The Morgan fingerprint density at radius 1 is 1.13 bits per heavy atom. The van der Waals surface area contributed by atoms with E-state index in [0.717, 1.165) is 0 Å². The van der Waals surface area contributed by atoms with Crippen molar-refractivity contribution in [2.45, 2.75) is 6.92 Å². The summed E-state index contributed by atoms with van der Waals surface area (Å²) in [6.45, 7) is 1.57. The molecule has 4 nitrogen and oxygen atoms in total. The summed E-state index contributed by atoms with van der Waals surface area (Å²) in [4.78, 5) is 21.0. The minimum atomic E-state index is -1.06. The van der Waals surface area contributed by atoms with Gasteiger partial charge in [-0.2, -0.15) is 0 Å². The third kappa shape index (κ3) is 4.60. The second kappa shape index (κ2) is 7.34. The van der Waals surface area contributed by atoms with Crippen molar-refractivity contribution < 1.29 is 39.3 Å². The molecule has 74 valence electrons. The summed E-state index contributed by atoms with van der Waals surface area (Å²) in [6.07, 6.45) is 0. The fourth-order valence-electron chi connectivity index (χ4n) is 1.04. The van der Waals surface area contributed by atoms with Gasteiger partial charge in [-0.15, -0.1) is 0 Å². The largest absolute Gasteiger partial charge is 0 e. The van der Waals surface area contributed by atoms with Crippen LogP contribution in [-0.4, -0.2) is 59.9 Å². The third-order valence-corrected chi connectivity index (χ3v) is 1.70. The molecule has 0 aromatic heterocycles. The van der Waals surface area contributed by atoms with Crippen LogP contribution in [0.4, 0.5) is 0 Å². The molecule has 0 atom stereocenters. The number of carboxylic acids is 2. The van der Waals surface area contributed by atoms with Gasteiger partial charge in [0.05, 0.1) is 11.1 Å². The van der Waals surface area contributed by atoms with Gasteiger partial charge in [-0.3, -0.25) is 0 Å². The van der Waals surface area contributed by atoms with E-state index in [9.17, 15) is 9.59 Å². The summed E-state index contributed by atoms with van der Waals surface area (Å²) < 4.78 is 0. The Morgan fingerprint density at radius 3 is 2.00 bits per heavy atom. The Labute approximate surface area is 129 Å². The van der Waals surface area contributed by atoms with E-state index < -0.39 is 11.9 Å². The van der Waals surface area contributed by atoms with Crippen molar-refractivity contribution >= 4 is 49.7 Å². The fraction of sp³-hybridized carbons (Fsp3) is 0.111. The molecule has 0 fully saturated rings. The number of carbonyl (C=O) groups is 2. The molecule has 0 unspecified atom stereocenters. The molecule has 0 radical (unpaired) electrons. The van der Waals surface area contributed by atoms with Crippen molar-refractivity contribution in [3.63, 3.8) is 0 Å². The topological polar surface area (TPSA) is 74.6 Å². The van der Waals surface area contributed by atoms with Crippen LogP contribution in [0.3, 0.4) is 0 Å². The van der Waals surface area contributed by atoms with Crippen LogP contribution in [-0.2, 0) is 19.5 Å². The molecule has 1 aromatic rings. The average Bonchev–Trinajstić information content (AvgIpc) is 2.03. The molecule has 0 aliphatic carbocycles. The second-order valence-corrected chi connectivity index (χ2v) is 2.64. The molecule has 1 aromatic carbocycles. The minimum Gasteiger partial charge on any atom is 0 e. The maximum Gasteiger partial charge on any atom is 0 e. The SMILES string of the molecule is Cc1cc(C(=O)O)ccc1C(=O)O.[CaH2].[Zn]. The van der Waals surface area contributed by atoms with Crippen molar-refractivity contribution in [2.24, 2.45) is 0 Å². The minimum absolute atomic E-state index is 0. The van der Waals surface area contributed by atoms with E-state index in [1.807, 2.05) is 0 Å². The number of benzene rings is 1. The second-order valence-electron chi connectivity index (χ2n) is 2.64. The summed E-state index contributed by atoms with van der Waals surface area (Å²) in [5.41, 5.74) is 0.680. The summed E-state index contributed by atoms with van der Waals surface area (Å²) in [5.74, 6) is -2.10. The van der Waals surface area contributed by atoms with Crippen molar-refractivity contribution in [1.29, 1.82) is 0 Å². The molecule has 0 spiro atoms. The molecular formula is C9H10CaO4Zn. The maximum absolute atomic E-state index is 10.6. The van der Waals surface area contributed by atoms with Gasteiger partial charge in [0.25, 0.3) is 0 Å². The van der Waals surface area contributed by atoms with Gasteiger partial charge < -0.3 is 10.2 Å². The monoisotopic (exact) mass is 286 g/mol. The van der Waals surface area contributed by atoms with Crippen molar-refractivity contribution in [3.8, 4) is 0 Å². The summed E-state index contributed by atoms with van der Waals surface area (Å²) >= 11 is 0. The van der Waals surface area contributed by atoms with Crippen molar-refractivity contribution in [1.82, 2.24) is 0 Å². The van der Waals surface area contributed by atoms with E-state index in [1.54, 1.807) is 6.92 Å². The first kappa shape index (κ1) is 17.4. The quantitative estimate of drug-likeness (QED) is 0.776. The Bertz CT molecular complexity index is 378. The zero-order valence-corrected chi connectivity index (χ0v) is 10.6. The molecule has 0 heterocycles. The predicted octanol–water partition coefficient (Wildman–Crippen LogP) is 0.473. The summed E-state index contributed by atoms with van der Waals surface area (Å²) in [7, 11) is 0. The Morgan fingerprint density at radius 2 is 1.67 bits per heavy atom. The van der Waals surface area contributed by atoms with Gasteiger partial charge in [-0.1, -0.05) is 0 Å². The first-order valence-corrected chi connectivity index (χ1v) is 3.59. The molecule has 0 bridgehead atoms. The third-order valence-electron chi connectivity index (χ3n) is 1.70. The smallest absolute Gasteiger partial charge is 0 e. The van der Waals surface area contributed by atoms with E-state index in [-0.39, 0.29) is 68.3 Å². The number of aromatic carboxylic acids is 2. The zero-order valence-electron chi connectivity index (χ0n) is 7.65. The number of aryl methyl sites for hydroxylation is 1. The number of carboxylic acid groups (broad SMARTS) is 2. The zero-order chi connectivity index (χ0) is 10.0. The summed E-state index contributed by atoms with van der Waals surface area (Å²) in [6, 6.07) is 3.91. The molecule has 1 rings (SSSR count). The van der Waals surface area contributed by atoms with Crippen LogP contribution < -0.4 is 0 Å². The van der Waals surface area contributed by atoms with Gasteiger partial charge in [0.2, 0.25) is 0 Å². The first-order valence-electron chi connectivity index (χ1n) is 3.59. The molecule has 0 saturated carbocycles. The normalized spacial score (nSPS) is 8.33. The van der Waals surface area contributed by atoms with Gasteiger partial charge in [0.15, 0.2) is 0 Å².